The smallest absolute Gasteiger partial charge is 0.326 e. The van der Waals surface area contributed by atoms with Gasteiger partial charge in [-0.1, -0.05) is 24.0 Å². The third-order valence-corrected chi connectivity index (χ3v) is 6.38. The molecule has 3 heterocycles. The monoisotopic (exact) mass is 455 g/mol. The molecule has 1 fully saturated rings. The van der Waals surface area contributed by atoms with Crippen LogP contribution >= 0.6 is 11.3 Å². The summed E-state index contributed by atoms with van der Waals surface area (Å²) in [5.41, 5.74) is 3.00. The molecule has 2 aromatic heterocycles. The number of likely N-dealkylation sites (tertiary alicyclic amines) is 1. The summed E-state index contributed by atoms with van der Waals surface area (Å²) in [6, 6.07) is 5.70. The summed E-state index contributed by atoms with van der Waals surface area (Å²) in [7, 11) is 1.39. The van der Waals surface area contributed by atoms with Gasteiger partial charge in [0.1, 0.15) is 5.00 Å². The number of carbonyl (C=O) groups excluding carboxylic acids is 1. The molecule has 11 heteroatoms. The summed E-state index contributed by atoms with van der Waals surface area (Å²) in [5, 5.41) is 14.5. The van der Waals surface area contributed by atoms with E-state index in [0.29, 0.717) is 41.8 Å². The van der Waals surface area contributed by atoms with Gasteiger partial charge in [0.15, 0.2) is 10.8 Å². The number of ether oxygens (including phenoxy) is 1. The van der Waals surface area contributed by atoms with E-state index in [4.69, 9.17) is 10.1 Å². The van der Waals surface area contributed by atoms with Gasteiger partial charge in [0, 0.05) is 19.1 Å². The van der Waals surface area contributed by atoms with Crippen LogP contribution in [0.4, 0.5) is 14.9 Å². The molecule has 0 saturated carbocycles. The zero-order valence-electron chi connectivity index (χ0n) is 17.9. The topological polar surface area (TPSA) is 128 Å². The first-order chi connectivity index (χ1) is 15.4. The highest BCUT2D eigenvalue weighted by molar-refractivity contribution is 7.20. The van der Waals surface area contributed by atoms with Crippen LogP contribution in [0.15, 0.2) is 35.8 Å². The highest BCUT2D eigenvalue weighted by Gasteiger charge is 2.27. The van der Waals surface area contributed by atoms with Crippen LogP contribution in [0, 0.1) is 12.3 Å². The average molecular weight is 456 g/mol. The van der Waals surface area contributed by atoms with Crippen molar-refractivity contribution in [3.8, 4) is 0 Å². The number of hydrogen-bond donors (Lipinski definition) is 4. The fourth-order valence-electron chi connectivity index (χ4n) is 3.92. The number of anilines is 2. The van der Waals surface area contributed by atoms with Gasteiger partial charge in [0.05, 0.1) is 18.1 Å². The average Bonchev–Trinajstić information content (AvgIpc) is 3.32. The maximum absolute atomic E-state index is 12.8. The molecular weight excluding hydrogens is 430 g/mol. The van der Waals surface area contributed by atoms with Crippen LogP contribution in [0.3, 0.4) is 0 Å². The number of benzene rings is 1. The first kappa shape index (κ1) is 21.6. The second-order valence-corrected chi connectivity index (χ2v) is 8.55. The molecule has 1 saturated heterocycles. The number of hydrogen-bond acceptors (Lipinski definition) is 7. The van der Waals surface area contributed by atoms with E-state index in [1.165, 1.54) is 24.6 Å². The molecular formula is C21H25N7O3S. The van der Waals surface area contributed by atoms with Gasteiger partial charge in [-0.2, -0.15) is 0 Å². The van der Waals surface area contributed by atoms with Crippen molar-refractivity contribution in [2.45, 2.75) is 25.8 Å². The molecule has 4 N–H and O–H groups in total. The molecule has 0 radical (unpaired) electrons. The van der Waals surface area contributed by atoms with Crippen LogP contribution in [0.1, 0.15) is 30.1 Å². The number of aryl methyl sites for hydroxylation is 1. The number of carbonyl (C=O) groups is 1. The lowest BCUT2D eigenvalue weighted by Gasteiger charge is -2.32. The Morgan fingerprint density at radius 3 is 2.84 bits per heavy atom. The van der Waals surface area contributed by atoms with E-state index in [0.717, 1.165) is 16.6 Å². The number of methoxy groups -OCH3 is 1. The van der Waals surface area contributed by atoms with Crippen molar-refractivity contribution in [2.24, 2.45) is 0 Å². The maximum Gasteiger partial charge on any atom is 0.326 e. The number of piperidine rings is 1. The molecule has 2 amide bonds. The van der Waals surface area contributed by atoms with E-state index in [1.54, 1.807) is 9.47 Å². The van der Waals surface area contributed by atoms with Crippen LogP contribution in [-0.2, 0) is 4.74 Å². The molecule has 4 rings (SSSR count). The molecule has 32 heavy (non-hydrogen) atoms. The number of amides is 2. The van der Waals surface area contributed by atoms with Crippen molar-refractivity contribution < 1.29 is 9.53 Å². The number of fused-ring (bicyclic) bond motifs is 1. The third kappa shape index (κ3) is 4.11. The minimum Gasteiger partial charge on any atom is -0.480 e. The van der Waals surface area contributed by atoms with Crippen molar-refractivity contribution in [2.75, 3.05) is 30.8 Å². The minimum absolute atomic E-state index is 0.0278. The summed E-state index contributed by atoms with van der Waals surface area (Å²) in [4.78, 5) is 34.3. The Morgan fingerprint density at radius 1 is 1.41 bits per heavy atom. The summed E-state index contributed by atoms with van der Waals surface area (Å²) < 4.78 is 6.76. The predicted molar refractivity (Wildman–Crippen MR) is 126 cm³/mol. The predicted octanol–water partition coefficient (Wildman–Crippen LogP) is 3.49. The van der Waals surface area contributed by atoms with E-state index in [1.807, 2.05) is 25.1 Å². The minimum atomic E-state index is -0.264. The molecule has 3 aromatic rings. The summed E-state index contributed by atoms with van der Waals surface area (Å²) in [5.74, 6) is -0.105. The maximum atomic E-state index is 12.8. The fourth-order valence-corrected chi connectivity index (χ4v) is 4.77. The van der Waals surface area contributed by atoms with E-state index in [9.17, 15) is 9.59 Å². The highest BCUT2D eigenvalue weighted by Crippen LogP contribution is 2.30. The summed E-state index contributed by atoms with van der Waals surface area (Å²) in [6.07, 6.45) is 2.83. The van der Waals surface area contributed by atoms with Crippen molar-refractivity contribution in [3.63, 3.8) is 0 Å². The fraction of sp³-hybridized carbons (Fsp3) is 0.333. The number of thiazole rings is 1. The first-order valence-electron chi connectivity index (χ1n) is 10.2. The van der Waals surface area contributed by atoms with Crippen LogP contribution in [0.2, 0.25) is 0 Å². The van der Waals surface area contributed by atoms with E-state index in [-0.39, 0.29) is 23.7 Å². The summed E-state index contributed by atoms with van der Waals surface area (Å²) in [6.45, 7) is 6.65. The Morgan fingerprint density at radius 2 is 2.16 bits per heavy atom. The Labute approximate surface area is 188 Å². The first-order valence-corrected chi connectivity index (χ1v) is 11.0. The van der Waals surface area contributed by atoms with Crippen molar-refractivity contribution in [3.05, 3.63) is 52.7 Å². The summed E-state index contributed by atoms with van der Waals surface area (Å²) >= 11 is 1.20. The number of urea groups is 1. The largest absolute Gasteiger partial charge is 0.480 e. The molecule has 10 nitrogen and oxygen atoms in total. The Balaban J connectivity index is 1.43. The van der Waals surface area contributed by atoms with Gasteiger partial charge in [-0.15, -0.1) is 0 Å². The lowest BCUT2D eigenvalue weighted by molar-refractivity contribution is 0.184. The zero-order valence-corrected chi connectivity index (χ0v) is 18.7. The van der Waals surface area contributed by atoms with Gasteiger partial charge in [-0.25, -0.2) is 14.6 Å². The Hall–Kier alpha value is -3.60. The number of imidazole rings is 1. The van der Waals surface area contributed by atoms with Crippen LogP contribution in [-0.4, -0.2) is 51.6 Å². The number of H-pyrrole nitrogens is 1. The quantitative estimate of drug-likeness (QED) is 0.346. The molecule has 1 aliphatic rings. The molecule has 168 valence electrons. The normalized spacial score (nSPS) is 14.4. The molecule has 0 aliphatic carbocycles. The van der Waals surface area contributed by atoms with Gasteiger partial charge in [-0.3, -0.25) is 15.3 Å². The van der Waals surface area contributed by atoms with Gasteiger partial charge >= 0.3 is 11.7 Å². The zero-order chi connectivity index (χ0) is 22.8. The highest BCUT2D eigenvalue weighted by atomic mass is 32.1. The molecule has 0 atom stereocenters. The number of aromatic nitrogens is 3. The van der Waals surface area contributed by atoms with Gasteiger partial charge in [-0.05, 0) is 43.7 Å². The number of rotatable bonds is 5. The molecule has 1 aromatic carbocycles. The van der Waals surface area contributed by atoms with E-state index < -0.39 is 0 Å². The standard InChI is InChI=1S/C21H25N7O3S/c1-4-23-18-16(17(22)31-3)25-19(32-18)26-20(29)27-9-7-13(8-10-27)28-15-6-5-12(2)11-14(15)24-21(28)30/h4-6,11,13,22-23H,1,7-10H2,2-3H3,(H,24,30)(H,25,26,29). The second kappa shape index (κ2) is 8.87. The number of aromatic amines is 1. The van der Waals surface area contributed by atoms with Gasteiger partial charge in [0.2, 0.25) is 5.90 Å². The molecule has 0 bridgehead atoms. The SMILES string of the molecule is C=CNc1sc(NC(=O)N2CCC(n3c(=O)[nH]c4cc(C)ccc43)CC2)nc1C(=N)OC. The molecule has 0 spiro atoms. The Kier molecular flexibility index (Phi) is 5.99. The lowest BCUT2D eigenvalue weighted by atomic mass is 10.0. The molecule has 1 aliphatic heterocycles. The van der Waals surface area contributed by atoms with Gasteiger partial charge in [0.25, 0.3) is 0 Å². The second-order valence-electron chi connectivity index (χ2n) is 7.55. The lowest BCUT2D eigenvalue weighted by Crippen LogP contribution is -2.42. The number of nitrogens with one attached hydrogen (secondary N) is 4. The van der Waals surface area contributed by atoms with E-state index in [2.05, 4.69) is 27.2 Å². The number of nitrogens with zero attached hydrogens (tertiary/aromatic N) is 3. The van der Waals surface area contributed by atoms with Gasteiger partial charge < -0.3 is 19.9 Å². The van der Waals surface area contributed by atoms with Crippen molar-refractivity contribution in [1.29, 1.82) is 5.41 Å². The van der Waals surface area contributed by atoms with Crippen molar-refractivity contribution in [1.82, 2.24) is 19.4 Å². The van der Waals surface area contributed by atoms with E-state index >= 15 is 0 Å². The van der Waals surface area contributed by atoms with Crippen LogP contribution in [0.25, 0.3) is 11.0 Å². The Bertz CT molecular complexity index is 1230. The van der Waals surface area contributed by atoms with Crippen LogP contribution in [0.5, 0.6) is 0 Å². The third-order valence-electron chi connectivity index (χ3n) is 5.48. The molecule has 0 unspecified atom stereocenters. The van der Waals surface area contributed by atoms with Crippen molar-refractivity contribution >= 4 is 44.4 Å². The van der Waals surface area contributed by atoms with Crippen LogP contribution < -0.4 is 16.3 Å².